The number of hydrogen-bond donors (Lipinski definition) is 0. The van der Waals surface area contributed by atoms with Gasteiger partial charge in [0, 0.05) is 23.8 Å². The molecular formula is C24H28N2O3S. The van der Waals surface area contributed by atoms with Gasteiger partial charge in [0.15, 0.2) is 0 Å². The van der Waals surface area contributed by atoms with E-state index in [-0.39, 0.29) is 11.6 Å². The molecule has 0 amide bonds. The first-order chi connectivity index (χ1) is 14.4. The van der Waals surface area contributed by atoms with Crippen LogP contribution in [0.3, 0.4) is 0 Å². The number of nitrogens with zero attached hydrogens (tertiary/aromatic N) is 2. The molecule has 158 valence electrons. The molecule has 0 bridgehead atoms. The predicted octanol–water partition coefficient (Wildman–Crippen LogP) is 4.70. The third-order valence-electron chi connectivity index (χ3n) is 7.13. The Labute approximate surface area is 181 Å². The summed E-state index contributed by atoms with van der Waals surface area (Å²) in [7, 11) is 0. The molecule has 2 aliphatic heterocycles. The van der Waals surface area contributed by atoms with Gasteiger partial charge in [-0.3, -0.25) is 0 Å². The summed E-state index contributed by atoms with van der Waals surface area (Å²) in [5.74, 6) is 2.69. The summed E-state index contributed by atoms with van der Waals surface area (Å²) in [6, 6.07) is 11.0. The van der Waals surface area contributed by atoms with Gasteiger partial charge in [0.05, 0.1) is 23.8 Å². The Morgan fingerprint density at radius 2 is 2.10 bits per heavy atom. The number of aromatic nitrogens is 1. The lowest BCUT2D eigenvalue weighted by Gasteiger charge is -2.35. The van der Waals surface area contributed by atoms with Crippen LogP contribution in [0.25, 0.3) is 10.9 Å². The molecule has 3 aliphatic rings. The third kappa shape index (κ3) is 2.90. The number of hydrogen-bond acceptors (Lipinski definition) is 5. The number of thioether (sulfide) groups is 1. The van der Waals surface area contributed by atoms with Crippen LogP contribution < -0.4 is 0 Å². The van der Waals surface area contributed by atoms with E-state index in [4.69, 9.17) is 9.47 Å². The van der Waals surface area contributed by atoms with E-state index in [9.17, 15) is 10.1 Å². The monoisotopic (exact) mass is 424 g/mol. The largest absolute Gasteiger partial charge is 0.461 e. The van der Waals surface area contributed by atoms with E-state index in [0.717, 1.165) is 41.9 Å². The van der Waals surface area contributed by atoms with E-state index in [1.54, 1.807) is 0 Å². The van der Waals surface area contributed by atoms with Crippen molar-refractivity contribution in [1.29, 1.82) is 5.26 Å². The molecule has 3 fully saturated rings. The minimum atomic E-state index is -0.614. The molecule has 30 heavy (non-hydrogen) atoms. The minimum absolute atomic E-state index is 0.117. The number of carbonyl (C=O) groups is 1. The molecule has 0 N–H and O–H groups in total. The molecule has 3 heterocycles. The molecule has 1 saturated carbocycles. The van der Waals surface area contributed by atoms with Crippen molar-refractivity contribution in [3.8, 4) is 6.07 Å². The van der Waals surface area contributed by atoms with Gasteiger partial charge in [-0.05, 0) is 74.8 Å². The molecule has 2 unspecified atom stereocenters. The first-order valence-corrected chi connectivity index (χ1v) is 12.0. The van der Waals surface area contributed by atoms with Crippen molar-refractivity contribution in [3.63, 3.8) is 0 Å². The van der Waals surface area contributed by atoms with Crippen molar-refractivity contribution in [2.24, 2.45) is 11.8 Å². The zero-order chi connectivity index (χ0) is 21.1. The Hall–Kier alpha value is -1.97. The first kappa shape index (κ1) is 20.0. The molecule has 3 atom stereocenters. The van der Waals surface area contributed by atoms with E-state index >= 15 is 0 Å². The maximum atomic E-state index is 12.8. The molecule has 0 radical (unpaired) electrons. The zero-order valence-corrected chi connectivity index (χ0v) is 18.6. The predicted molar refractivity (Wildman–Crippen MR) is 118 cm³/mol. The fourth-order valence-electron chi connectivity index (χ4n) is 5.64. The van der Waals surface area contributed by atoms with Crippen LogP contribution in [-0.4, -0.2) is 40.9 Å². The highest BCUT2D eigenvalue weighted by molar-refractivity contribution is 7.99. The summed E-state index contributed by atoms with van der Waals surface area (Å²) in [6.45, 7) is 7.20. The number of carbonyl (C=O) groups excluding carboxylic acids is 1. The van der Waals surface area contributed by atoms with Gasteiger partial charge < -0.3 is 14.0 Å². The highest BCUT2D eigenvalue weighted by Gasteiger charge is 2.70. The summed E-state index contributed by atoms with van der Waals surface area (Å²) in [5.41, 5.74) is 2.03. The molecule has 1 aliphatic carbocycles. The summed E-state index contributed by atoms with van der Waals surface area (Å²) in [5, 5.41) is 11.2. The molecule has 1 aromatic carbocycles. The summed E-state index contributed by atoms with van der Waals surface area (Å²) >= 11 is 1.91. The van der Waals surface area contributed by atoms with Crippen LogP contribution in [0, 0.1) is 23.2 Å². The van der Waals surface area contributed by atoms with Crippen molar-refractivity contribution in [2.45, 2.75) is 50.7 Å². The molecule has 5 nitrogen and oxygen atoms in total. The second-order valence-electron chi connectivity index (χ2n) is 9.39. The normalized spacial score (nSPS) is 31.9. The summed E-state index contributed by atoms with van der Waals surface area (Å²) in [4.78, 5) is 12.8. The van der Waals surface area contributed by atoms with E-state index in [1.165, 1.54) is 5.56 Å². The quantitative estimate of drug-likeness (QED) is 0.666. The van der Waals surface area contributed by atoms with Crippen LogP contribution in [0.2, 0.25) is 0 Å². The SMILES string of the molecule is CCOC(=O)c1cc2cc([C@H]3CCOC(C)(C)C3)ccc2n1C1(C#N)C2CSCC21. The Morgan fingerprint density at radius 1 is 1.33 bits per heavy atom. The third-order valence-corrected chi connectivity index (χ3v) is 8.32. The highest BCUT2D eigenvalue weighted by Crippen LogP contribution is 2.64. The van der Waals surface area contributed by atoms with Crippen molar-refractivity contribution in [2.75, 3.05) is 24.7 Å². The van der Waals surface area contributed by atoms with Gasteiger partial charge in [-0.1, -0.05) is 6.07 Å². The number of esters is 1. The van der Waals surface area contributed by atoms with Gasteiger partial charge in [0.2, 0.25) is 0 Å². The molecular weight excluding hydrogens is 396 g/mol. The second-order valence-corrected chi connectivity index (χ2v) is 10.5. The van der Waals surface area contributed by atoms with E-state index < -0.39 is 5.54 Å². The minimum Gasteiger partial charge on any atom is -0.461 e. The lowest BCUT2D eigenvalue weighted by Crippen LogP contribution is -2.32. The lowest BCUT2D eigenvalue weighted by atomic mass is 9.83. The van der Waals surface area contributed by atoms with Crippen LogP contribution in [0.15, 0.2) is 24.3 Å². The summed E-state index contributed by atoms with van der Waals surface area (Å²) in [6.07, 6.45) is 1.98. The Balaban J connectivity index is 1.61. The van der Waals surface area contributed by atoms with Gasteiger partial charge in [-0.25, -0.2) is 4.79 Å². The highest BCUT2D eigenvalue weighted by atomic mass is 32.2. The van der Waals surface area contributed by atoms with Crippen molar-refractivity contribution < 1.29 is 14.3 Å². The molecule has 5 rings (SSSR count). The second kappa shape index (κ2) is 7.03. The van der Waals surface area contributed by atoms with Crippen LogP contribution in [0.5, 0.6) is 0 Å². The Kier molecular flexibility index (Phi) is 4.68. The van der Waals surface area contributed by atoms with Crippen molar-refractivity contribution in [1.82, 2.24) is 4.57 Å². The molecule has 0 spiro atoms. The Morgan fingerprint density at radius 3 is 2.77 bits per heavy atom. The Bertz CT molecular complexity index is 1040. The average Bonchev–Trinajstić information content (AvgIpc) is 3.07. The smallest absolute Gasteiger partial charge is 0.355 e. The lowest BCUT2D eigenvalue weighted by molar-refractivity contribution is -0.0592. The number of ether oxygens (including phenoxy) is 2. The fraction of sp³-hybridized carbons (Fsp3) is 0.583. The van der Waals surface area contributed by atoms with Crippen LogP contribution in [0.4, 0.5) is 0 Å². The van der Waals surface area contributed by atoms with Crippen LogP contribution in [-0.2, 0) is 15.0 Å². The molecule has 1 aromatic heterocycles. The maximum absolute atomic E-state index is 12.8. The van der Waals surface area contributed by atoms with Gasteiger partial charge >= 0.3 is 5.97 Å². The number of rotatable bonds is 4. The van der Waals surface area contributed by atoms with E-state index in [0.29, 0.717) is 30.1 Å². The van der Waals surface area contributed by atoms with Crippen molar-refractivity contribution in [3.05, 3.63) is 35.5 Å². The molecule has 6 heteroatoms. The molecule has 2 aromatic rings. The van der Waals surface area contributed by atoms with Gasteiger partial charge in [0.25, 0.3) is 0 Å². The topological polar surface area (TPSA) is 64.2 Å². The summed E-state index contributed by atoms with van der Waals surface area (Å²) < 4.78 is 13.3. The zero-order valence-electron chi connectivity index (χ0n) is 17.8. The first-order valence-electron chi connectivity index (χ1n) is 10.9. The number of benzene rings is 1. The average molecular weight is 425 g/mol. The van der Waals surface area contributed by atoms with Crippen molar-refractivity contribution >= 4 is 28.6 Å². The van der Waals surface area contributed by atoms with Gasteiger partial charge in [-0.15, -0.1) is 0 Å². The van der Waals surface area contributed by atoms with E-state index in [2.05, 4.69) is 38.1 Å². The van der Waals surface area contributed by atoms with Crippen LogP contribution >= 0.6 is 11.8 Å². The number of fused-ring (bicyclic) bond motifs is 2. The molecule has 2 saturated heterocycles. The number of nitriles is 1. The maximum Gasteiger partial charge on any atom is 0.355 e. The van der Waals surface area contributed by atoms with Crippen LogP contribution in [0.1, 0.15) is 55.6 Å². The standard InChI is InChI=1S/C24H28N2O3S/c1-4-28-22(27)21-10-17-9-15(16-7-8-29-23(2,3)11-16)5-6-20(17)26(21)24(14-25)18-12-30-13-19(18)24/h5-6,9-10,16,18-19H,4,7-8,11-13H2,1-3H3/t16-,18?,19?,24?/m0/s1. The van der Waals surface area contributed by atoms with Gasteiger partial charge in [0.1, 0.15) is 11.2 Å². The van der Waals surface area contributed by atoms with E-state index in [1.807, 2.05) is 29.3 Å². The van der Waals surface area contributed by atoms with Gasteiger partial charge in [-0.2, -0.15) is 17.0 Å². The fourth-order valence-corrected chi connectivity index (χ4v) is 7.25.